The van der Waals surface area contributed by atoms with E-state index in [9.17, 15) is 19.8 Å². The zero-order chi connectivity index (χ0) is 32.8. The second kappa shape index (κ2) is 10.6. The first kappa shape index (κ1) is 32.7. The predicted octanol–water partition coefficient (Wildman–Crippen LogP) is 6.88. The zero-order valence-corrected chi connectivity index (χ0v) is 29.0. The Hall–Kier alpha value is -2.28. The van der Waals surface area contributed by atoms with E-state index in [4.69, 9.17) is 9.97 Å². The van der Waals surface area contributed by atoms with E-state index < -0.39 is 22.8 Å². The number of aliphatic carboxylic acids is 1. The molecule has 5 aliphatic rings. The fourth-order valence-electron chi connectivity index (χ4n) is 12.0. The van der Waals surface area contributed by atoms with Gasteiger partial charge in [0.2, 0.25) is 5.91 Å². The van der Waals surface area contributed by atoms with Crippen LogP contribution in [-0.4, -0.2) is 44.7 Å². The summed E-state index contributed by atoms with van der Waals surface area (Å²) >= 11 is 0. The zero-order valence-electron chi connectivity index (χ0n) is 29.0. The van der Waals surface area contributed by atoms with Crippen molar-refractivity contribution in [1.29, 1.82) is 0 Å². The standard InChI is InChI=1S/C38H57N3O4/c1-23(2)19-26(31(43)44)41-32(45)38-15-13-33(3,4)20-25(38)24-9-10-29-34(5)21-27-30(40-18-17-39-27)35(6,22-42)28(34)11-12-37(29,8)36(24,7)14-16-38/h9,17-18,23,25-26,28-29,42H,10-16,19-22H2,1-8H3,(H,41,45)(H,43,44)/t25-,26-,28+,29+,34-,35-,36+,37+,38-/m0/s1. The van der Waals surface area contributed by atoms with Crippen molar-refractivity contribution in [2.24, 2.45) is 50.7 Å². The maximum Gasteiger partial charge on any atom is 0.326 e. The fourth-order valence-corrected chi connectivity index (χ4v) is 12.0. The van der Waals surface area contributed by atoms with E-state index in [0.29, 0.717) is 18.3 Å². The molecule has 3 fully saturated rings. The van der Waals surface area contributed by atoms with E-state index >= 15 is 0 Å². The number of carboxylic acids is 1. The van der Waals surface area contributed by atoms with Crippen LogP contribution in [0.1, 0.15) is 125 Å². The van der Waals surface area contributed by atoms with Gasteiger partial charge in [0.1, 0.15) is 6.04 Å². The number of nitrogens with one attached hydrogen (secondary N) is 1. The molecule has 0 saturated heterocycles. The summed E-state index contributed by atoms with van der Waals surface area (Å²) in [7, 11) is 0. The van der Waals surface area contributed by atoms with Crippen LogP contribution < -0.4 is 5.32 Å². The second-order valence-corrected chi connectivity index (χ2v) is 18.0. The van der Waals surface area contributed by atoms with Gasteiger partial charge < -0.3 is 15.5 Å². The van der Waals surface area contributed by atoms with Gasteiger partial charge in [-0.05, 0) is 110 Å². The topological polar surface area (TPSA) is 112 Å². The number of carboxylic acid groups (broad SMARTS) is 1. The van der Waals surface area contributed by atoms with Gasteiger partial charge in [-0.25, -0.2) is 4.79 Å². The van der Waals surface area contributed by atoms with Crippen LogP contribution in [0.15, 0.2) is 24.0 Å². The van der Waals surface area contributed by atoms with Crippen molar-refractivity contribution in [3.05, 3.63) is 35.4 Å². The van der Waals surface area contributed by atoms with E-state index in [1.807, 2.05) is 13.8 Å². The minimum absolute atomic E-state index is 0.0316. The molecule has 0 aliphatic heterocycles. The van der Waals surface area contributed by atoms with Gasteiger partial charge in [0, 0.05) is 17.8 Å². The number of nitrogens with zero attached hydrogens (tertiary/aromatic N) is 2. The summed E-state index contributed by atoms with van der Waals surface area (Å²) < 4.78 is 0. The first-order valence-electron chi connectivity index (χ1n) is 17.6. The molecule has 7 nitrogen and oxygen atoms in total. The van der Waals surface area contributed by atoms with Crippen molar-refractivity contribution in [3.63, 3.8) is 0 Å². The Balaban J connectivity index is 1.41. The fraction of sp³-hybridized carbons (Fsp3) is 0.789. The lowest BCUT2D eigenvalue weighted by Crippen LogP contribution is -2.66. The molecule has 5 aliphatic carbocycles. The van der Waals surface area contributed by atoms with Crippen molar-refractivity contribution < 1.29 is 19.8 Å². The molecule has 0 unspecified atom stereocenters. The Kier molecular flexibility index (Phi) is 7.70. The molecule has 0 spiro atoms. The highest BCUT2D eigenvalue weighted by molar-refractivity contribution is 5.88. The Morgan fingerprint density at radius 1 is 0.978 bits per heavy atom. The number of aromatic nitrogens is 2. The smallest absolute Gasteiger partial charge is 0.326 e. The number of fused-ring (bicyclic) bond motifs is 8. The molecule has 0 aromatic carbocycles. The first-order valence-corrected chi connectivity index (χ1v) is 17.6. The molecule has 45 heavy (non-hydrogen) atoms. The lowest BCUT2D eigenvalue weighted by molar-refractivity contribution is -0.172. The van der Waals surface area contributed by atoms with Gasteiger partial charge in [-0.15, -0.1) is 0 Å². The molecule has 3 N–H and O–H groups in total. The first-order chi connectivity index (χ1) is 21.0. The maximum absolute atomic E-state index is 14.4. The van der Waals surface area contributed by atoms with Crippen LogP contribution in [0.2, 0.25) is 0 Å². The van der Waals surface area contributed by atoms with Gasteiger partial charge in [-0.2, -0.15) is 0 Å². The molecule has 1 aromatic heterocycles. The third-order valence-corrected chi connectivity index (χ3v) is 14.6. The number of hydrogen-bond donors (Lipinski definition) is 3. The molecule has 0 radical (unpaired) electrons. The van der Waals surface area contributed by atoms with Crippen molar-refractivity contribution in [1.82, 2.24) is 15.3 Å². The normalized spacial score (nSPS) is 42.2. The van der Waals surface area contributed by atoms with Crippen LogP contribution in [-0.2, 0) is 21.4 Å². The molecule has 3 saturated carbocycles. The number of aliphatic hydroxyl groups is 1. The molecule has 1 amide bonds. The molecule has 9 atom stereocenters. The summed E-state index contributed by atoms with van der Waals surface area (Å²) in [6.45, 7) is 18.5. The summed E-state index contributed by atoms with van der Waals surface area (Å²) in [6, 6.07) is -0.855. The summed E-state index contributed by atoms with van der Waals surface area (Å²) in [6.07, 6.45) is 15.0. The number of allylic oxidation sites excluding steroid dienone is 2. The number of carbonyl (C=O) groups is 2. The lowest BCUT2D eigenvalue weighted by atomic mass is 9.33. The average Bonchev–Trinajstić information content (AvgIpc) is 2.96. The molecule has 6 rings (SSSR count). The van der Waals surface area contributed by atoms with E-state index in [0.717, 1.165) is 69.2 Å². The van der Waals surface area contributed by atoms with Crippen LogP contribution in [0.5, 0.6) is 0 Å². The van der Waals surface area contributed by atoms with E-state index in [1.165, 1.54) is 5.57 Å². The lowest BCUT2D eigenvalue weighted by Gasteiger charge is -2.70. The van der Waals surface area contributed by atoms with Gasteiger partial charge in [0.15, 0.2) is 0 Å². The molecule has 248 valence electrons. The number of carbonyl (C=O) groups excluding carboxylic acids is 1. The van der Waals surface area contributed by atoms with Crippen LogP contribution in [0.3, 0.4) is 0 Å². The number of hydrogen-bond acceptors (Lipinski definition) is 5. The SMILES string of the molecule is CC(C)C[C@H](NC(=O)[C@]12CCC(C)(C)C[C@H]1C1=CC[C@@H]3[C@@]4(C)Cc5nccnc5[C@@](C)(CO)[C@@H]4CC[C@@]3(C)[C@]1(C)CC2)C(=O)O. The molecule has 1 heterocycles. The van der Waals surface area contributed by atoms with Gasteiger partial charge in [0.05, 0.1) is 23.4 Å². The third kappa shape index (κ3) is 4.59. The van der Waals surface area contributed by atoms with E-state index in [1.54, 1.807) is 12.4 Å². The van der Waals surface area contributed by atoms with E-state index in [-0.39, 0.29) is 46.0 Å². The minimum atomic E-state index is -0.937. The largest absolute Gasteiger partial charge is 0.480 e. The predicted molar refractivity (Wildman–Crippen MR) is 175 cm³/mol. The Labute approximate surface area is 270 Å². The van der Waals surface area contributed by atoms with Crippen molar-refractivity contribution in [2.75, 3.05) is 6.61 Å². The highest BCUT2D eigenvalue weighted by Gasteiger charge is 2.69. The van der Waals surface area contributed by atoms with Crippen molar-refractivity contribution >= 4 is 11.9 Å². The number of rotatable bonds is 6. The highest BCUT2D eigenvalue weighted by atomic mass is 16.4. The summed E-state index contributed by atoms with van der Waals surface area (Å²) in [5, 5.41) is 24.0. The monoisotopic (exact) mass is 619 g/mol. The van der Waals surface area contributed by atoms with E-state index in [2.05, 4.69) is 52.9 Å². The van der Waals surface area contributed by atoms with Gasteiger partial charge in [-0.1, -0.05) is 67.0 Å². The van der Waals surface area contributed by atoms with Crippen LogP contribution >= 0.6 is 0 Å². The Bertz CT molecular complexity index is 1400. The molecule has 7 heteroatoms. The Morgan fingerprint density at radius 3 is 2.33 bits per heavy atom. The summed E-state index contributed by atoms with van der Waals surface area (Å²) in [5.74, 6) is 0.0402. The van der Waals surface area contributed by atoms with Crippen LogP contribution in [0.4, 0.5) is 0 Å². The molecular weight excluding hydrogens is 562 g/mol. The van der Waals surface area contributed by atoms with Gasteiger partial charge in [-0.3, -0.25) is 14.8 Å². The maximum atomic E-state index is 14.4. The minimum Gasteiger partial charge on any atom is -0.480 e. The quantitative estimate of drug-likeness (QED) is 0.299. The molecule has 0 bridgehead atoms. The van der Waals surface area contributed by atoms with Crippen LogP contribution in [0.25, 0.3) is 0 Å². The van der Waals surface area contributed by atoms with Gasteiger partial charge >= 0.3 is 5.97 Å². The highest BCUT2D eigenvalue weighted by Crippen LogP contribution is 2.75. The molecular formula is C38H57N3O4. The second-order valence-electron chi connectivity index (χ2n) is 18.0. The molecule has 1 aromatic rings. The summed E-state index contributed by atoms with van der Waals surface area (Å²) in [5.41, 5.74) is 2.55. The van der Waals surface area contributed by atoms with Crippen LogP contribution in [0, 0.1) is 50.7 Å². The number of amides is 1. The Morgan fingerprint density at radius 2 is 1.67 bits per heavy atom. The van der Waals surface area contributed by atoms with Crippen molar-refractivity contribution in [2.45, 2.75) is 131 Å². The third-order valence-electron chi connectivity index (χ3n) is 14.6. The average molecular weight is 620 g/mol. The summed E-state index contributed by atoms with van der Waals surface area (Å²) in [4.78, 5) is 36.3. The number of aliphatic hydroxyl groups excluding tert-OH is 1. The van der Waals surface area contributed by atoms with Gasteiger partial charge in [0.25, 0.3) is 0 Å². The van der Waals surface area contributed by atoms with Crippen molar-refractivity contribution in [3.8, 4) is 0 Å².